The highest BCUT2D eigenvalue weighted by molar-refractivity contribution is 6.68. The molecule has 0 radical (unpaired) electrons. The van der Waals surface area contributed by atoms with Gasteiger partial charge in [0.05, 0.1) is 6.10 Å². The van der Waals surface area contributed by atoms with E-state index >= 15 is 0 Å². The van der Waals surface area contributed by atoms with Crippen molar-refractivity contribution < 1.29 is 14.2 Å². The van der Waals surface area contributed by atoms with Crippen LogP contribution in [0.15, 0.2) is 18.2 Å². The van der Waals surface area contributed by atoms with Crippen molar-refractivity contribution in [2.24, 2.45) is 5.73 Å². The predicted molar refractivity (Wildman–Crippen MR) is 66.8 cm³/mol. The molecule has 0 bridgehead atoms. The van der Waals surface area contributed by atoms with Gasteiger partial charge in [0.2, 0.25) is 0 Å². The van der Waals surface area contributed by atoms with Crippen molar-refractivity contribution in [1.29, 1.82) is 0 Å². The molecule has 2 N–H and O–H groups in total. The van der Waals surface area contributed by atoms with Gasteiger partial charge in [0.25, 0.3) is 0 Å². The van der Waals surface area contributed by atoms with Gasteiger partial charge in [0.15, 0.2) is 5.78 Å². The molecule has 0 aliphatic carbocycles. The first kappa shape index (κ1) is 12.1. The lowest BCUT2D eigenvalue weighted by Crippen LogP contribution is -2.27. The molecule has 1 aromatic rings. The number of nitrogens with two attached hydrogens (primary N) is 1. The zero-order valence-corrected chi connectivity index (χ0v) is 10.1. The van der Waals surface area contributed by atoms with E-state index in [0.29, 0.717) is 6.54 Å². The lowest BCUT2D eigenvalue weighted by Gasteiger charge is -2.11. The Morgan fingerprint density at radius 3 is 3.00 bits per heavy atom. The van der Waals surface area contributed by atoms with Crippen LogP contribution in [-0.4, -0.2) is 25.9 Å². The van der Waals surface area contributed by atoms with Gasteiger partial charge in [-0.3, -0.25) is 4.79 Å². The van der Waals surface area contributed by atoms with Crippen LogP contribution in [0.2, 0.25) is 6.82 Å². The second kappa shape index (κ2) is 4.90. The van der Waals surface area contributed by atoms with E-state index < -0.39 is 0 Å². The minimum Gasteiger partial charge on any atom is -0.486 e. The largest absolute Gasteiger partial charge is 0.486 e. The van der Waals surface area contributed by atoms with E-state index in [4.69, 9.17) is 15.1 Å². The van der Waals surface area contributed by atoms with E-state index in [-0.39, 0.29) is 25.4 Å². The number of carbonyl (C=O) groups excluding carboxylic acids is 1. The monoisotopic (exact) mass is 233 g/mol. The first-order valence-electron chi connectivity index (χ1n) is 5.74. The number of ketones is 1. The Balaban J connectivity index is 2.30. The molecule has 0 aromatic heterocycles. The summed E-state index contributed by atoms with van der Waals surface area (Å²) in [6, 6.07) is 5.76. The summed E-state index contributed by atoms with van der Waals surface area (Å²) in [4.78, 5) is 10.9. The zero-order chi connectivity index (χ0) is 12.4. The Bertz CT molecular complexity index is 436. The van der Waals surface area contributed by atoms with Gasteiger partial charge in [-0.05, 0) is 24.0 Å². The molecule has 0 spiro atoms. The summed E-state index contributed by atoms with van der Waals surface area (Å²) in [6.45, 7) is 3.98. The highest BCUT2D eigenvalue weighted by atomic mass is 16.5. The van der Waals surface area contributed by atoms with Crippen LogP contribution in [0.1, 0.15) is 18.6 Å². The maximum absolute atomic E-state index is 10.9. The number of rotatable bonds is 4. The number of carbonyl (C=O) groups is 1. The molecular formula is C12H16BNO3. The fraction of sp³-hybridized carbons (Fsp3) is 0.417. The second-order valence-corrected chi connectivity index (χ2v) is 4.25. The summed E-state index contributed by atoms with van der Waals surface area (Å²) >= 11 is 0. The smallest absolute Gasteiger partial charge is 0.328 e. The Hall–Kier alpha value is -1.33. The molecule has 0 saturated carbocycles. The summed E-state index contributed by atoms with van der Waals surface area (Å²) in [5.74, 6) is 0.727. The van der Waals surface area contributed by atoms with Crippen LogP contribution in [0, 0.1) is 0 Å². The van der Waals surface area contributed by atoms with Crippen LogP contribution in [0.3, 0.4) is 0 Å². The van der Waals surface area contributed by atoms with Crippen molar-refractivity contribution >= 4 is 18.2 Å². The molecule has 0 amide bonds. The number of ether oxygens (including phenoxy) is 1. The zero-order valence-electron chi connectivity index (χ0n) is 10.1. The van der Waals surface area contributed by atoms with Crippen LogP contribution in [-0.2, 0) is 9.45 Å². The Morgan fingerprint density at radius 2 is 2.35 bits per heavy atom. The summed E-state index contributed by atoms with van der Waals surface area (Å²) in [5.41, 5.74) is 7.75. The van der Waals surface area contributed by atoms with Crippen LogP contribution in [0.25, 0.3) is 0 Å². The van der Waals surface area contributed by atoms with Gasteiger partial charge in [-0.15, -0.1) is 0 Å². The number of benzene rings is 1. The van der Waals surface area contributed by atoms with Gasteiger partial charge in [0, 0.05) is 6.54 Å². The highest BCUT2D eigenvalue weighted by Crippen LogP contribution is 2.27. The quantitative estimate of drug-likeness (QED) is 0.770. The molecule has 1 heterocycles. The van der Waals surface area contributed by atoms with E-state index in [1.807, 2.05) is 25.0 Å². The molecule has 17 heavy (non-hydrogen) atoms. The maximum atomic E-state index is 10.9. The molecule has 0 saturated heterocycles. The van der Waals surface area contributed by atoms with Crippen molar-refractivity contribution in [3.05, 3.63) is 23.8 Å². The van der Waals surface area contributed by atoms with Gasteiger partial charge in [-0.25, -0.2) is 0 Å². The number of hydrogen-bond acceptors (Lipinski definition) is 4. The molecule has 1 aromatic carbocycles. The molecule has 90 valence electrons. The van der Waals surface area contributed by atoms with E-state index in [9.17, 15) is 4.79 Å². The molecule has 1 aliphatic heterocycles. The van der Waals surface area contributed by atoms with E-state index in [2.05, 4.69) is 0 Å². The molecule has 5 heteroatoms. The minimum absolute atomic E-state index is 0.00421. The van der Waals surface area contributed by atoms with Gasteiger partial charge in [0.1, 0.15) is 12.4 Å². The Labute approximate surface area is 101 Å². The van der Waals surface area contributed by atoms with E-state index in [0.717, 1.165) is 16.8 Å². The first-order valence-corrected chi connectivity index (χ1v) is 5.74. The summed E-state index contributed by atoms with van der Waals surface area (Å²) in [5, 5.41) is 0. The van der Waals surface area contributed by atoms with Crippen molar-refractivity contribution in [1.82, 2.24) is 0 Å². The molecule has 1 atom stereocenters. The third kappa shape index (κ3) is 2.35. The Morgan fingerprint density at radius 1 is 1.59 bits per heavy atom. The van der Waals surface area contributed by atoms with Gasteiger partial charge >= 0.3 is 6.92 Å². The molecular weight excluding hydrogens is 217 g/mol. The maximum Gasteiger partial charge on any atom is 0.328 e. The van der Waals surface area contributed by atoms with Crippen molar-refractivity contribution in [3.8, 4) is 5.75 Å². The SMILES string of the molecule is CB1O[C@@H](CN)c2cccc(OCC(C)=O)c21. The average Bonchev–Trinajstić information content (AvgIpc) is 2.64. The first-order chi connectivity index (χ1) is 8.13. The van der Waals surface area contributed by atoms with Crippen LogP contribution < -0.4 is 15.9 Å². The fourth-order valence-corrected chi connectivity index (χ4v) is 2.15. The summed E-state index contributed by atoms with van der Waals surface area (Å²) in [6.07, 6.45) is -0.0686. The van der Waals surface area contributed by atoms with Crippen LogP contribution in [0.4, 0.5) is 0 Å². The number of fused-ring (bicyclic) bond motifs is 1. The molecule has 2 rings (SSSR count). The summed E-state index contributed by atoms with van der Waals surface area (Å²) < 4.78 is 11.2. The molecule has 0 fully saturated rings. The van der Waals surface area contributed by atoms with Gasteiger partial charge < -0.3 is 15.1 Å². The normalized spacial score (nSPS) is 18.1. The van der Waals surface area contributed by atoms with E-state index in [1.165, 1.54) is 6.92 Å². The minimum atomic E-state index is -0.0686. The van der Waals surface area contributed by atoms with Crippen LogP contribution in [0.5, 0.6) is 5.75 Å². The van der Waals surface area contributed by atoms with Crippen molar-refractivity contribution in [3.63, 3.8) is 0 Å². The third-order valence-electron chi connectivity index (χ3n) is 2.87. The lowest BCUT2D eigenvalue weighted by molar-refractivity contribution is -0.118. The number of hydrogen-bond donors (Lipinski definition) is 1. The van der Waals surface area contributed by atoms with Crippen molar-refractivity contribution in [2.45, 2.75) is 19.9 Å². The van der Waals surface area contributed by atoms with Gasteiger partial charge in [-0.2, -0.15) is 0 Å². The molecule has 1 aliphatic rings. The van der Waals surface area contributed by atoms with Crippen LogP contribution >= 0.6 is 0 Å². The molecule has 4 nitrogen and oxygen atoms in total. The fourth-order valence-electron chi connectivity index (χ4n) is 2.15. The highest BCUT2D eigenvalue weighted by Gasteiger charge is 2.33. The second-order valence-electron chi connectivity index (χ2n) is 4.25. The van der Waals surface area contributed by atoms with E-state index in [1.54, 1.807) is 0 Å². The van der Waals surface area contributed by atoms with Crippen molar-refractivity contribution in [2.75, 3.05) is 13.2 Å². The molecule has 0 unspecified atom stereocenters. The lowest BCUT2D eigenvalue weighted by atomic mass is 9.63. The predicted octanol–water partition coefficient (Wildman–Crippen LogP) is 0.513. The standard InChI is InChI=1S/C12H16BNO3/c1-8(15)7-16-10-5-3-4-9-11(6-14)17-13(2)12(9)10/h3-5,11H,6-7,14H2,1-2H3/t11-/m0/s1. The number of Topliss-reactive ketones (excluding diaryl/α,β-unsaturated/α-hetero) is 1. The van der Waals surface area contributed by atoms with Gasteiger partial charge in [-0.1, -0.05) is 19.0 Å². The summed E-state index contributed by atoms with van der Waals surface area (Å²) in [7, 11) is 0. The average molecular weight is 233 g/mol. The topological polar surface area (TPSA) is 61.6 Å². The Kier molecular flexibility index (Phi) is 3.50. The third-order valence-corrected chi connectivity index (χ3v) is 2.87.